The molecule has 5 rings (SSSR count). The molecule has 0 saturated heterocycles. The molecule has 7 nitrogen and oxygen atoms in total. The Morgan fingerprint density at radius 3 is 2.50 bits per heavy atom. The zero-order valence-corrected chi connectivity index (χ0v) is 18.6. The summed E-state index contributed by atoms with van der Waals surface area (Å²) in [5, 5.41) is 4.12. The number of aromatic nitrogens is 4. The molecule has 0 aliphatic carbocycles. The van der Waals surface area contributed by atoms with Gasteiger partial charge in [0.15, 0.2) is 11.4 Å². The van der Waals surface area contributed by atoms with Gasteiger partial charge in [0.1, 0.15) is 12.3 Å². The Bertz CT molecular complexity index is 1440. The topological polar surface area (TPSA) is 73.1 Å². The second-order valence-electron chi connectivity index (χ2n) is 8.17. The minimum absolute atomic E-state index is 0.173. The Morgan fingerprint density at radius 2 is 1.74 bits per heavy atom. The van der Waals surface area contributed by atoms with E-state index in [2.05, 4.69) is 15.1 Å². The van der Waals surface area contributed by atoms with Crippen LogP contribution < -0.4 is 9.64 Å². The molecule has 3 aromatic heterocycles. The number of hydrogen-bond donors (Lipinski definition) is 0. The number of fused-ring (bicyclic) bond motifs is 2. The zero-order valence-electron chi connectivity index (χ0n) is 18.6. The summed E-state index contributed by atoms with van der Waals surface area (Å²) in [5.41, 5.74) is 3.89. The van der Waals surface area contributed by atoms with Crippen molar-refractivity contribution in [3.63, 3.8) is 0 Å². The van der Waals surface area contributed by atoms with Crippen LogP contribution in [0.5, 0.6) is 5.75 Å². The summed E-state index contributed by atoms with van der Waals surface area (Å²) >= 11 is 0. The highest BCUT2D eigenvalue weighted by Crippen LogP contribution is 2.34. The van der Waals surface area contributed by atoms with Gasteiger partial charge in [-0.25, -0.2) is 9.97 Å². The highest BCUT2D eigenvalue weighted by molar-refractivity contribution is 6.07. The van der Waals surface area contributed by atoms with E-state index in [9.17, 15) is 18.0 Å². The highest BCUT2D eigenvalue weighted by atomic mass is 19.4. The largest absolute Gasteiger partial charge is 0.488 e. The molecular formula is C24H20F3N5O2. The molecule has 0 fully saturated rings. The fourth-order valence-corrected chi connectivity index (χ4v) is 4.16. The van der Waals surface area contributed by atoms with Crippen LogP contribution in [0.4, 0.5) is 18.9 Å². The predicted molar refractivity (Wildman–Crippen MR) is 120 cm³/mol. The number of benzene rings is 1. The zero-order chi connectivity index (χ0) is 24.2. The van der Waals surface area contributed by atoms with Crippen molar-refractivity contribution >= 4 is 22.6 Å². The van der Waals surface area contributed by atoms with E-state index in [0.29, 0.717) is 35.8 Å². The maximum absolute atomic E-state index is 13.3. The number of halogens is 3. The molecule has 4 heterocycles. The maximum atomic E-state index is 13.3. The van der Waals surface area contributed by atoms with Gasteiger partial charge in [0, 0.05) is 18.3 Å². The molecule has 1 aliphatic heterocycles. The van der Waals surface area contributed by atoms with E-state index in [1.54, 1.807) is 18.0 Å². The first-order chi connectivity index (χ1) is 16.1. The van der Waals surface area contributed by atoms with Crippen LogP contribution in [-0.4, -0.2) is 38.8 Å². The molecule has 4 aromatic rings. The fraction of sp³-hybridized carbons (Fsp3) is 0.250. The van der Waals surface area contributed by atoms with Crippen molar-refractivity contribution in [1.82, 2.24) is 19.7 Å². The van der Waals surface area contributed by atoms with Crippen LogP contribution in [0.2, 0.25) is 0 Å². The summed E-state index contributed by atoms with van der Waals surface area (Å²) in [6, 6.07) is 9.30. The normalized spacial score (nSPS) is 14.2. The predicted octanol–water partition coefficient (Wildman–Crippen LogP) is 4.71. The first-order valence-corrected chi connectivity index (χ1v) is 10.6. The molecule has 1 aliphatic rings. The lowest BCUT2D eigenvalue weighted by atomic mass is 9.99. The molecule has 10 heteroatoms. The standard InChI is InChI=1S/C24H20F3N5O2/c1-13-11-19(32-8-9-34-20-12-28-31(3)22(20)23(32)33)14(2)10-15(13)16-4-5-18-17(29-16)6-7-21(30-18)24(25,26)27/h4-7,10-12H,8-9H2,1-3H3. The van der Waals surface area contributed by atoms with Gasteiger partial charge >= 0.3 is 6.18 Å². The van der Waals surface area contributed by atoms with Gasteiger partial charge in [-0.1, -0.05) is 0 Å². The molecule has 0 radical (unpaired) electrons. The summed E-state index contributed by atoms with van der Waals surface area (Å²) < 4.78 is 46.1. The van der Waals surface area contributed by atoms with Crippen LogP contribution >= 0.6 is 0 Å². The van der Waals surface area contributed by atoms with Crippen molar-refractivity contribution in [2.75, 3.05) is 18.1 Å². The number of hydrogen-bond acceptors (Lipinski definition) is 5. The number of anilines is 1. The van der Waals surface area contributed by atoms with E-state index in [0.717, 1.165) is 28.4 Å². The van der Waals surface area contributed by atoms with Gasteiger partial charge in [-0.15, -0.1) is 0 Å². The van der Waals surface area contributed by atoms with Crippen LogP contribution in [0.15, 0.2) is 42.6 Å². The van der Waals surface area contributed by atoms with E-state index < -0.39 is 11.9 Å². The molecule has 1 aromatic carbocycles. The minimum atomic E-state index is -4.51. The summed E-state index contributed by atoms with van der Waals surface area (Å²) in [6.45, 7) is 4.53. The lowest BCUT2D eigenvalue weighted by molar-refractivity contribution is -0.140. The van der Waals surface area contributed by atoms with Gasteiger partial charge in [-0.05, 0) is 61.4 Å². The molecule has 34 heavy (non-hydrogen) atoms. The molecule has 0 spiro atoms. The molecule has 0 atom stereocenters. The number of aryl methyl sites for hydroxylation is 3. The van der Waals surface area contributed by atoms with Crippen molar-refractivity contribution in [3.05, 3.63) is 65.1 Å². The number of nitrogens with zero attached hydrogens (tertiary/aromatic N) is 5. The molecule has 1 amide bonds. The number of carbonyl (C=O) groups is 1. The smallest absolute Gasteiger partial charge is 0.433 e. The van der Waals surface area contributed by atoms with E-state index >= 15 is 0 Å². The second-order valence-corrected chi connectivity index (χ2v) is 8.17. The molecule has 0 N–H and O–H groups in total. The third-order valence-corrected chi connectivity index (χ3v) is 5.87. The number of amides is 1. The van der Waals surface area contributed by atoms with E-state index in [-0.39, 0.29) is 11.4 Å². The number of alkyl halides is 3. The average molecular weight is 467 g/mol. The number of carbonyl (C=O) groups excluding carboxylic acids is 1. The summed E-state index contributed by atoms with van der Waals surface area (Å²) in [4.78, 5) is 23.2. The van der Waals surface area contributed by atoms with Gasteiger partial charge in [0.2, 0.25) is 0 Å². The first kappa shape index (κ1) is 21.9. The van der Waals surface area contributed by atoms with Crippen LogP contribution in [-0.2, 0) is 13.2 Å². The maximum Gasteiger partial charge on any atom is 0.433 e. The molecule has 174 valence electrons. The second kappa shape index (κ2) is 7.82. The van der Waals surface area contributed by atoms with Gasteiger partial charge in [-0.3, -0.25) is 9.48 Å². The minimum Gasteiger partial charge on any atom is -0.488 e. The van der Waals surface area contributed by atoms with Gasteiger partial charge in [0.05, 0.1) is 29.5 Å². The van der Waals surface area contributed by atoms with Gasteiger partial charge < -0.3 is 9.64 Å². The van der Waals surface area contributed by atoms with Crippen LogP contribution in [0.3, 0.4) is 0 Å². The third kappa shape index (κ3) is 3.64. The number of rotatable bonds is 2. The van der Waals surface area contributed by atoms with E-state index in [1.807, 2.05) is 26.0 Å². The van der Waals surface area contributed by atoms with Crippen molar-refractivity contribution in [3.8, 4) is 17.0 Å². The highest BCUT2D eigenvalue weighted by Gasteiger charge is 2.32. The lowest BCUT2D eigenvalue weighted by Crippen LogP contribution is -2.34. The van der Waals surface area contributed by atoms with Crippen molar-refractivity contribution in [2.24, 2.45) is 7.05 Å². The van der Waals surface area contributed by atoms with E-state index in [1.165, 1.54) is 23.0 Å². The summed E-state index contributed by atoms with van der Waals surface area (Å²) in [7, 11) is 1.70. The van der Waals surface area contributed by atoms with Crippen LogP contribution in [0.1, 0.15) is 27.3 Å². The molecule has 0 bridgehead atoms. The van der Waals surface area contributed by atoms with Crippen LogP contribution in [0, 0.1) is 13.8 Å². The Labute approximate surface area is 192 Å². The Hall–Kier alpha value is -3.95. The summed E-state index contributed by atoms with van der Waals surface area (Å²) in [6.07, 6.45) is -2.97. The lowest BCUT2D eigenvalue weighted by Gasteiger charge is -2.24. The quantitative estimate of drug-likeness (QED) is 0.427. The SMILES string of the molecule is Cc1cc(N2CCOc3cnn(C)c3C2=O)c(C)cc1-c1ccc2nc(C(F)(F)F)ccc2n1. The Kier molecular flexibility index (Phi) is 5.03. The first-order valence-electron chi connectivity index (χ1n) is 10.6. The van der Waals surface area contributed by atoms with E-state index in [4.69, 9.17) is 4.74 Å². The molecule has 0 unspecified atom stereocenters. The van der Waals surface area contributed by atoms with Crippen molar-refractivity contribution in [1.29, 1.82) is 0 Å². The van der Waals surface area contributed by atoms with Gasteiger partial charge in [-0.2, -0.15) is 18.3 Å². The monoisotopic (exact) mass is 467 g/mol. The van der Waals surface area contributed by atoms with Gasteiger partial charge in [0.25, 0.3) is 5.91 Å². The number of pyridine rings is 2. The Morgan fingerprint density at radius 1 is 1.00 bits per heavy atom. The number of ether oxygens (including phenoxy) is 1. The van der Waals surface area contributed by atoms with Crippen LogP contribution in [0.25, 0.3) is 22.3 Å². The van der Waals surface area contributed by atoms with Crippen molar-refractivity contribution in [2.45, 2.75) is 20.0 Å². The summed E-state index contributed by atoms with van der Waals surface area (Å²) in [5.74, 6) is 0.266. The fourth-order valence-electron chi connectivity index (χ4n) is 4.16. The third-order valence-electron chi connectivity index (χ3n) is 5.87. The van der Waals surface area contributed by atoms with Crippen molar-refractivity contribution < 1.29 is 22.7 Å². The molecular weight excluding hydrogens is 447 g/mol. The Balaban J connectivity index is 1.53. The molecule has 0 saturated carbocycles. The average Bonchev–Trinajstić information content (AvgIpc) is 3.07.